The maximum atomic E-state index is 5.82. The third-order valence-corrected chi connectivity index (χ3v) is 6.03. The summed E-state index contributed by atoms with van der Waals surface area (Å²) in [5.74, 6) is 0.563. The van der Waals surface area contributed by atoms with Gasteiger partial charge in [0.2, 0.25) is 0 Å². The molecule has 30 heavy (non-hydrogen) atoms. The zero-order valence-corrected chi connectivity index (χ0v) is 18.1. The summed E-state index contributed by atoms with van der Waals surface area (Å²) in [7, 11) is 0. The quantitative estimate of drug-likeness (QED) is 0.528. The van der Waals surface area contributed by atoms with Gasteiger partial charge in [-0.25, -0.2) is 4.98 Å². The van der Waals surface area contributed by atoms with E-state index in [1.54, 1.807) is 5.57 Å². The normalized spacial score (nSPS) is 14.3. The molecule has 0 fully saturated rings. The fraction of sp³-hybridized carbons (Fsp3) is 0.346. The highest BCUT2D eigenvalue weighted by molar-refractivity contribution is 5.80. The second-order valence-corrected chi connectivity index (χ2v) is 8.21. The van der Waals surface area contributed by atoms with Gasteiger partial charge in [0.05, 0.1) is 5.52 Å². The fourth-order valence-electron chi connectivity index (χ4n) is 4.37. The van der Waals surface area contributed by atoms with Gasteiger partial charge in [-0.1, -0.05) is 29.8 Å². The number of hydrogen-bond donors (Lipinski definition) is 2. The molecular formula is C26H32N4. The van der Waals surface area contributed by atoms with Crippen LogP contribution >= 0.6 is 0 Å². The van der Waals surface area contributed by atoms with Crippen LogP contribution in [0.5, 0.6) is 0 Å². The van der Waals surface area contributed by atoms with Crippen LogP contribution in [0.4, 0.5) is 11.5 Å². The lowest BCUT2D eigenvalue weighted by Gasteiger charge is -2.31. The Balaban J connectivity index is 1.38. The summed E-state index contributed by atoms with van der Waals surface area (Å²) in [5, 5.41) is 4.67. The highest BCUT2D eigenvalue weighted by Gasteiger charge is 2.16. The van der Waals surface area contributed by atoms with Crippen molar-refractivity contribution in [2.75, 3.05) is 17.2 Å². The lowest BCUT2D eigenvalue weighted by molar-refractivity contribution is 0.648. The Labute approximate surface area is 179 Å². The molecule has 4 nitrogen and oxygen atoms in total. The van der Waals surface area contributed by atoms with Gasteiger partial charge in [-0.15, -0.1) is 0 Å². The maximum absolute atomic E-state index is 5.82. The largest absolute Gasteiger partial charge is 0.384 e. The predicted molar refractivity (Wildman–Crippen MR) is 127 cm³/mol. The maximum Gasteiger partial charge on any atom is 0.124 e. The molecule has 1 heterocycles. The highest BCUT2D eigenvalue weighted by atomic mass is 15.1. The first-order valence-corrected chi connectivity index (χ1v) is 11.0. The minimum Gasteiger partial charge on any atom is -0.384 e. The lowest BCUT2D eigenvalue weighted by Crippen LogP contribution is -2.24. The average Bonchev–Trinajstić information content (AvgIpc) is 2.76. The molecule has 0 aliphatic heterocycles. The summed E-state index contributed by atoms with van der Waals surface area (Å²) in [6, 6.07) is 19.2. The van der Waals surface area contributed by atoms with E-state index in [0.717, 1.165) is 30.5 Å². The van der Waals surface area contributed by atoms with Gasteiger partial charge in [-0.2, -0.15) is 0 Å². The number of nitrogens with zero attached hydrogens (tertiary/aromatic N) is 2. The van der Waals surface area contributed by atoms with Gasteiger partial charge in [0.25, 0.3) is 0 Å². The van der Waals surface area contributed by atoms with Crippen LogP contribution in [0.3, 0.4) is 0 Å². The van der Waals surface area contributed by atoms with Crippen molar-refractivity contribution in [1.29, 1.82) is 0 Å². The molecule has 3 aromatic rings. The molecule has 3 N–H and O–H groups in total. The monoisotopic (exact) mass is 400 g/mol. The molecule has 0 amide bonds. The van der Waals surface area contributed by atoms with E-state index in [1.807, 2.05) is 12.1 Å². The van der Waals surface area contributed by atoms with E-state index in [1.165, 1.54) is 48.2 Å². The van der Waals surface area contributed by atoms with E-state index in [9.17, 15) is 0 Å². The van der Waals surface area contributed by atoms with Crippen molar-refractivity contribution in [1.82, 2.24) is 10.3 Å². The minimum atomic E-state index is 0.563. The molecule has 156 valence electrons. The zero-order chi connectivity index (χ0) is 20.9. The number of allylic oxidation sites excluding steroid dienone is 2. The molecule has 1 aliphatic carbocycles. The first-order chi connectivity index (χ1) is 14.6. The molecular weight excluding hydrogens is 368 g/mol. The number of pyridine rings is 1. The lowest BCUT2D eigenvalue weighted by atomic mass is 9.96. The molecule has 0 spiro atoms. The number of benzene rings is 2. The van der Waals surface area contributed by atoms with E-state index >= 15 is 0 Å². The summed E-state index contributed by atoms with van der Waals surface area (Å²) < 4.78 is 0. The van der Waals surface area contributed by atoms with E-state index in [2.05, 4.69) is 71.5 Å². The molecule has 2 aromatic carbocycles. The van der Waals surface area contributed by atoms with Gasteiger partial charge in [-0.3, -0.25) is 0 Å². The van der Waals surface area contributed by atoms with Crippen molar-refractivity contribution in [2.24, 2.45) is 0 Å². The van der Waals surface area contributed by atoms with Gasteiger partial charge in [-0.05, 0) is 81.0 Å². The van der Waals surface area contributed by atoms with Crippen molar-refractivity contribution in [3.8, 4) is 0 Å². The van der Waals surface area contributed by atoms with Gasteiger partial charge in [0, 0.05) is 36.4 Å². The molecule has 0 bridgehead atoms. The molecule has 0 saturated carbocycles. The smallest absolute Gasteiger partial charge is 0.124 e. The SMILES string of the molecule is CCN(C1=C(C)CCCC1)c1ccc(CNCc2ccc3ccc(N)nc3c2)cc1. The Morgan fingerprint density at radius 2 is 1.63 bits per heavy atom. The van der Waals surface area contributed by atoms with Gasteiger partial charge >= 0.3 is 0 Å². The van der Waals surface area contributed by atoms with Crippen LogP contribution < -0.4 is 16.0 Å². The van der Waals surface area contributed by atoms with Crippen molar-refractivity contribution >= 4 is 22.4 Å². The predicted octanol–water partition coefficient (Wildman–Crippen LogP) is 5.78. The number of nitrogen functional groups attached to an aromatic ring is 1. The molecule has 1 aliphatic rings. The average molecular weight is 401 g/mol. The second kappa shape index (κ2) is 9.31. The van der Waals surface area contributed by atoms with Crippen molar-refractivity contribution in [3.05, 3.63) is 77.0 Å². The summed E-state index contributed by atoms with van der Waals surface area (Å²) >= 11 is 0. The molecule has 0 radical (unpaired) electrons. The first kappa shape index (κ1) is 20.4. The summed E-state index contributed by atoms with van der Waals surface area (Å²) in [6.45, 7) is 7.21. The van der Waals surface area contributed by atoms with Crippen molar-refractivity contribution in [3.63, 3.8) is 0 Å². The molecule has 1 aromatic heterocycles. The molecule has 4 heteroatoms. The summed E-state index contributed by atoms with van der Waals surface area (Å²) in [4.78, 5) is 6.91. The molecule has 0 unspecified atom stereocenters. The van der Waals surface area contributed by atoms with Gasteiger partial charge < -0.3 is 16.0 Å². The number of hydrogen-bond acceptors (Lipinski definition) is 4. The van der Waals surface area contributed by atoms with Crippen LogP contribution in [0.15, 0.2) is 65.9 Å². The van der Waals surface area contributed by atoms with Crippen LogP contribution in [0, 0.1) is 0 Å². The summed E-state index contributed by atoms with van der Waals surface area (Å²) in [5.41, 5.74) is 13.7. The van der Waals surface area contributed by atoms with Crippen LogP contribution in [0.2, 0.25) is 0 Å². The van der Waals surface area contributed by atoms with E-state index < -0.39 is 0 Å². The van der Waals surface area contributed by atoms with E-state index in [4.69, 9.17) is 5.73 Å². The van der Waals surface area contributed by atoms with E-state index in [0.29, 0.717) is 5.82 Å². The second-order valence-electron chi connectivity index (χ2n) is 8.21. The standard InChI is InChI=1S/C26H32N4/c1-3-30(25-7-5-4-6-19(25)2)23-13-9-20(10-14-23)17-28-18-21-8-11-22-12-15-26(27)29-24(22)16-21/h8-16,28H,3-7,17-18H2,1-2H3,(H2,27,29). The Kier molecular flexibility index (Phi) is 6.34. The van der Waals surface area contributed by atoms with Crippen LogP contribution in [0.1, 0.15) is 50.7 Å². The number of anilines is 2. The number of aromatic nitrogens is 1. The third-order valence-electron chi connectivity index (χ3n) is 6.03. The highest BCUT2D eigenvalue weighted by Crippen LogP contribution is 2.30. The van der Waals surface area contributed by atoms with Crippen molar-refractivity contribution in [2.45, 2.75) is 52.6 Å². The minimum absolute atomic E-state index is 0.563. The Hall–Kier alpha value is -2.85. The first-order valence-electron chi connectivity index (χ1n) is 11.0. The van der Waals surface area contributed by atoms with Gasteiger partial charge in [0.1, 0.15) is 5.82 Å². The topological polar surface area (TPSA) is 54.2 Å². The Morgan fingerprint density at radius 3 is 2.40 bits per heavy atom. The van der Waals surface area contributed by atoms with Crippen LogP contribution in [0.25, 0.3) is 10.9 Å². The number of nitrogens with two attached hydrogens (primary N) is 1. The number of rotatable bonds is 7. The van der Waals surface area contributed by atoms with Crippen LogP contribution in [-0.2, 0) is 13.1 Å². The van der Waals surface area contributed by atoms with Crippen molar-refractivity contribution < 1.29 is 0 Å². The summed E-state index contributed by atoms with van der Waals surface area (Å²) in [6.07, 6.45) is 5.08. The molecule has 4 rings (SSSR count). The fourth-order valence-corrected chi connectivity index (χ4v) is 4.37. The number of fused-ring (bicyclic) bond motifs is 1. The Bertz CT molecular complexity index is 1040. The molecule has 0 atom stereocenters. The zero-order valence-electron chi connectivity index (χ0n) is 18.1. The molecule has 0 saturated heterocycles. The Morgan fingerprint density at radius 1 is 0.933 bits per heavy atom. The third kappa shape index (κ3) is 4.65. The van der Waals surface area contributed by atoms with Crippen LogP contribution in [-0.4, -0.2) is 11.5 Å². The van der Waals surface area contributed by atoms with E-state index in [-0.39, 0.29) is 0 Å². The van der Waals surface area contributed by atoms with Gasteiger partial charge in [0.15, 0.2) is 0 Å². The number of nitrogens with one attached hydrogen (secondary N) is 1.